The summed E-state index contributed by atoms with van der Waals surface area (Å²) >= 11 is 2.02. The lowest BCUT2D eigenvalue weighted by Gasteiger charge is -2.24. The number of aromatic nitrogens is 2. The van der Waals surface area contributed by atoms with E-state index < -0.39 is 0 Å². The van der Waals surface area contributed by atoms with Gasteiger partial charge in [0.2, 0.25) is 0 Å². The van der Waals surface area contributed by atoms with Crippen LogP contribution in [-0.2, 0) is 0 Å². The van der Waals surface area contributed by atoms with Gasteiger partial charge in [0.1, 0.15) is 9.39 Å². The van der Waals surface area contributed by atoms with Gasteiger partial charge in [-0.3, -0.25) is 4.79 Å². The summed E-state index contributed by atoms with van der Waals surface area (Å²) in [6, 6.07) is 0.425. The molecule has 0 atom stereocenters. The number of halogens is 1. The number of aromatic amines is 1. The normalized spacial score (nSPS) is 17.7. The summed E-state index contributed by atoms with van der Waals surface area (Å²) in [7, 11) is 0. The predicted molar refractivity (Wildman–Crippen MR) is 67.1 cm³/mol. The number of anilines is 1. The molecule has 0 saturated carbocycles. The molecule has 0 bridgehead atoms. The van der Waals surface area contributed by atoms with Gasteiger partial charge in [0.05, 0.1) is 6.33 Å². The standard InChI is InChI=1S/C9H13IN4O/c10-7-8(12-5-13-9(7)15)14-6-1-3-11-4-2-6/h5-6,11H,1-4H2,(H2,12,13,14,15). The van der Waals surface area contributed by atoms with Gasteiger partial charge in [-0.05, 0) is 48.5 Å². The minimum absolute atomic E-state index is 0.0814. The van der Waals surface area contributed by atoms with Crippen LogP contribution < -0.4 is 16.2 Å². The highest BCUT2D eigenvalue weighted by Crippen LogP contribution is 2.14. The van der Waals surface area contributed by atoms with E-state index in [-0.39, 0.29) is 5.56 Å². The van der Waals surface area contributed by atoms with Crippen LogP contribution in [0.4, 0.5) is 5.82 Å². The second-order valence-electron chi connectivity index (χ2n) is 3.56. The number of rotatable bonds is 2. The van der Waals surface area contributed by atoms with Gasteiger partial charge in [0.15, 0.2) is 0 Å². The van der Waals surface area contributed by atoms with Crippen molar-refractivity contribution in [2.24, 2.45) is 0 Å². The summed E-state index contributed by atoms with van der Waals surface area (Å²) in [5, 5.41) is 6.61. The highest BCUT2D eigenvalue weighted by Gasteiger charge is 2.15. The fraction of sp³-hybridized carbons (Fsp3) is 0.556. The summed E-state index contributed by atoms with van der Waals surface area (Å²) in [4.78, 5) is 18.0. The zero-order valence-corrected chi connectivity index (χ0v) is 10.4. The fourth-order valence-electron chi connectivity index (χ4n) is 1.64. The summed E-state index contributed by atoms with van der Waals surface area (Å²) in [6.45, 7) is 2.05. The Morgan fingerprint density at radius 3 is 2.93 bits per heavy atom. The van der Waals surface area contributed by atoms with Gasteiger partial charge in [0, 0.05) is 6.04 Å². The van der Waals surface area contributed by atoms with Crippen LogP contribution in [0.3, 0.4) is 0 Å². The molecule has 0 unspecified atom stereocenters. The molecule has 0 radical (unpaired) electrons. The molecule has 1 aliphatic rings. The summed E-state index contributed by atoms with van der Waals surface area (Å²) in [5.41, 5.74) is -0.0814. The lowest BCUT2D eigenvalue weighted by molar-refractivity contribution is 0.478. The Balaban J connectivity index is 2.09. The molecule has 15 heavy (non-hydrogen) atoms. The van der Waals surface area contributed by atoms with E-state index >= 15 is 0 Å². The minimum atomic E-state index is -0.0814. The van der Waals surface area contributed by atoms with Crippen molar-refractivity contribution in [3.63, 3.8) is 0 Å². The third-order valence-electron chi connectivity index (χ3n) is 2.48. The number of hydrogen-bond acceptors (Lipinski definition) is 4. The number of H-pyrrole nitrogens is 1. The monoisotopic (exact) mass is 320 g/mol. The van der Waals surface area contributed by atoms with Crippen LogP contribution in [0.5, 0.6) is 0 Å². The average Bonchev–Trinajstić information content (AvgIpc) is 2.26. The average molecular weight is 320 g/mol. The van der Waals surface area contributed by atoms with Crippen molar-refractivity contribution in [1.82, 2.24) is 15.3 Å². The highest BCUT2D eigenvalue weighted by molar-refractivity contribution is 14.1. The molecule has 6 heteroatoms. The van der Waals surface area contributed by atoms with Crippen molar-refractivity contribution in [2.45, 2.75) is 18.9 Å². The zero-order chi connectivity index (χ0) is 10.7. The van der Waals surface area contributed by atoms with Crippen LogP contribution in [-0.4, -0.2) is 29.1 Å². The van der Waals surface area contributed by atoms with E-state index in [1.54, 1.807) is 0 Å². The first-order chi connectivity index (χ1) is 7.27. The molecule has 5 nitrogen and oxygen atoms in total. The minimum Gasteiger partial charge on any atom is -0.366 e. The molecule has 0 amide bonds. The summed E-state index contributed by atoms with van der Waals surface area (Å²) < 4.78 is 0.633. The molecule has 1 aromatic rings. The first kappa shape index (κ1) is 10.9. The van der Waals surface area contributed by atoms with E-state index in [0.29, 0.717) is 15.4 Å². The van der Waals surface area contributed by atoms with E-state index in [2.05, 4.69) is 20.6 Å². The zero-order valence-electron chi connectivity index (χ0n) is 8.22. The quantitative estimate of drug-likeness (QED) is 0.696. The van der Waals surface area contributed by atoms with E-state index in [1.807, 2.05) is 22.6 Å². The van der Waals surface area contributed by atoms with Crippen LogP contribution in [0.1, 0.15) is 12.8 Å². The van der Waals surface area contributed by atoms with Crippen molar-refractivity contribution in [3.05, 3.63) is 20.3 Å². The summed E-state index contributed by atoms with van der Waals surface area (Å²) in [5.74, 6) is 0.700. The van der Waals surface area contributed by atoms with Crippen LogP contribution in [0.15, 0.2) is 11.1 Å². The van der Waals surface area contributed by atoms with Crippen molar-refractivity contribution in [1.29, 1.82) is 0 Å². The third-order valence-corrected chi connectivity index (χ3v) is 3.48. The van der Waals surface area contributed by atoms with Crippen molar-refractivity contribution < 1.29 is 0 Å². The molecule has 1 aliphatic heterocycles. The first-order valence-corrected chi connectivity index (χ1v) is 6.05. The molecule has 0 spiro atoms. The largest absolute Gasteiger partial charge is 0.366 e. The van der Waals surface area contributed by atoms with Gasteiger partial charge in [-0.15, -0.1) is 0 Å². The van der Waals surface area contributed by atoms with E-state index in [9.17, 15) is 4.79 Å². The van der Waals surface area contributed by atoms with Gasteiger partial charge in [-0.25, -0.2) is 4.98 Å². The van der Waals surface area contributed by atoms with Gasteiger partial charge in [0.25, 0.3) is 5.56 Å². The van der Waals surface area contributed by atoms with Gasteiger partial charge in [-0.2, -0.15) is 0 Å². The second kappa shape index (κ2) is 4.93. The van der Waals surface area contributed by atoms with Crippen molar-refractivity contribution in [3.8, 4) is 0 Å². The molecule has 2 heterocycles. The summed E-state index contributed by atoms with van der Waals surface area (Å²) in [6.07, 6.45) is 3.59. The second-order valence-corrected chi connectivity index (χ2v) is 4.64. The van der Waals surface area contributed by atoms with Gasteiger partial charge >= 0.3 is 0 Å². The van der Waals surface area contributed by atoms with Crippen LogP contribution in [0, 0.1) is 3.57 Å². The number of piperidine rings is 1. The van der Waals surface area contributed by atoms with Crippen molar-refractivity contribution >= 4 is 28.4 Å². The lowest BCUT2D eigenvalue weighted by atomic mass is 10.1. The smallest absolute Gasteiger partial charge is 0.266 e. The van der Waals surface area contributed by atoms with Crippen LogP contribution >= 0.6 is 22.6 Å². The molecule has 0 aliphatic carbocycles. The molecule has 1 fully saturated rings. The Kier molecular flexibility index (Phi) is 3.57. The SMILES string of the molecule is O=c1[nH]cnc(NC2CCNCC2)c1I. The predicted octanol–water partition coefficient (Wildman–Crippen LogP) is 0.538. The Morgan fingerprint density at radius 2 is 2.20 bits per heavy atom. The Labute approximate surface area is 101 Å². The number of hydrogen-bond donors (Lipinski definition) is 3. The lowest BCUT2D eigenvalue weighted by Crippen LogP contribution is -2.36. The van der Waals surface area contributed by atoms with Gasteiger partial charge < -0.3 is 15.6 Å². The highest BCUT2D eigenvalue weighted by atomic mass is 127. The first-order valence-electron chi connectivity index (χ1n) is 4.98. The molecular weight excluding hydrogens is 307 g/mol. The topological polar surface area (TPSA) is 69.8 Å². The molecular formula is C9H13IN4O. The molecule has 1 saturated heterocycles. The van der Waals surface area contributed by atoms with E-state index in [4.69, 9.17) is 0 Å². The molecule has 82 valence electrons. The maximum absolute atomic E-state index is 11.3. The fourth-order valence-corrected chi connectivity index (χ4v) is 2.09. The molecule has 3 N–H and O–H groups in total. The Hall–Kier alpha value is -0.630. The number of nitrogens with zero attached hydrogens (tertiary/aromatic N) is 1. The maximum Gasteiger partial charge on any atom is 0.266 e. The van der Waals surface area contributed by atoms with Gasteiger partial charge in [-0.1, -0.05) is 0 Å². The Bertz CT molecular complexity index is 386. The van der Waals surface area contributed by atoms with Crippen LogP contribution in [0.25, 0.3) is 0 Å². The molecule has 0 aromatic carbocycles. The van der Waals surface area contributed by atoms with Crippen molar-refractivity contribution in [2.75, 3.05) is 18.4 Å². The van der Waals surface area contributed by atoms with Crippen LogP contribution in [0.2, 0.25) is 0 Å². The molecule has 1 aromatic heterocycles. The third kappa shape index (κ3) is 2.69. The number of nitrogens with one attached hydrogen (secondary N) is 3. The van der Waals surface area contributed by atoms with E-state index in [1.165, 1.54) is 6.33 Å². The Morgan fingerprint density at radius 1 is 1.47 bits per heavy atom. The maximum atomic E-state index is 11.3. The van der Waals surface area contributed by atoms with E-state index in [0.717, 1.165) is 25.9 Å². The molecule has 2 rings (SSSR count).